The molecule has 1 N–H and O–H groups in total. The van der Waals surface area contributed by atoms with E-state index in [1.54, 1.807) is 11.3 Å². The number of aromatic nitrogens is 1. The van der Waals surface area contributed by atoms with Gasteiger partial charge in [-0.2, -0.15) is 0 Å². The Morgan fingerprint density at radius 1 is 1.13 bits per heavy atom. The average Bonchev–Trinajstić information content (AvgIpc) is 3.30. The average molecular weight is 420 g/mol. The Morgan fingerprint density at radius 3 is 2.80 bits per heavy atom. The van der Waals surface area contributed by atoms with E-state index in [4.69, 9.17) is 4.99 Å². The van der Waals surface area contributed by atoms with Gasteiger partial charge < -0.3 is 9.88 Å². The molecule has 2 aliphatic rings. The zero-order valence-electron chi connectivity index (χ0n) is 17.6. The number of thiophene rings is 1. The Balaban J connectivity index is 1.49. The van der Waals surface area contributed by atoms with Crippen LogP contribution in [0.2, 0.25) is 0 Å². The van der Waals surface area contributed by atoms with E-state index in [1.165, 1.54) is 53.4 Å². The van der Waals surface area contributed by atoms with Gasteiger partial charge in [-0.1, -0.05) is 37.5 Å². The summed E-state index contributed by atoms with van der Waals surface area (Å²) in [5.74, 6) is 0.0892. The Morgan fingerprint density at radius 2 is 1.93 bits per heavy atom. The molecule has 0 radical (unpaired) electrons. The number of aryl methyl sites for hydroxylation is 2. The zero-order valence-corrected chi connectivity index (χ0v) is 18.4. The number of fused-ring (bicyclic) bond motifs is 2. The third-order valence-electron chi connectivity index (χ3n) is 6.57. The minimum atomic E-state index is 0.0892. The second-order valence-corrected chi connectivity index (χ2v) is 9.75. The van der Waals surface area contributed by atoms with Crippen molar-refractivity contribution in [1.29, 1.82) is 0 Å². The van der Waals surface area contributed by atoms with Gasteiger partial charge in [0.05, 0.1) is 5.56 Å². The highest BCUT2D eigenvalue weighted by molar-refractivity contribution is 7.16. The molecule has 0 aliphatic heterocycles. The van der Waals surface area contributed by atoms with Crippen LogP contribution >= 0.6 is 11.3 Å². The molecule has 1 saturated carbocycles. The molecule has 1 amide bonds. The van der Waals surface area contributed by atoms with Gasteiger partial charge in [0.1, 0.15) is 5.00 Å². The number of hydrogen-bond acceptors (Lipinski definition) is 3. The SMILES string of the molecule is Cn1cc(/C=N/c2sc3c(c2C(=O)NC2CCCCC2)CCCC3)c2ccccc21. The highest BCUT2D eigenvalue weighted by atomic mass is 32.1. The first-order chi connectivity index (χ1) is 14.7. The minimum Gasteiger partial charge on any atom is -0.350 e. The van der Waals surface area contributed by atoms with Crippen LogP contribution in [0.5, 0.6) is 0 Å². The van der Waals surface area contributed by atoms with Crippen LogP contribution in [0, 0.1) is 0 Å². The standard InChI is InChI=1S/C25H29N3OS/c1-28-16-17(19-11-5-7-13-21(19)28)15-26-25-23(20-12-6-8-14-22(20)30-25)24(29)27-18-9-3-2-4-10-18/h5,7,11,13,15-16,18H,2-4,6,8-10,12,14H2,1H3,(H,27,29)/b26-15+. The van der Waals surface area contributed by atoms with Crippen LogP contribution < -0.4 is 5.32 Å². The lowest BCUT2D eigenvalue weighted by molar-refractivity contribution is 0.0927. The maximum Gasteiger partial charge on any atom is 0.254 e. The first-order valence-electron chi connectivity index (χ1n) is 11.2. The number of aliphatic imine (C=N–C) groups is 1. The topological polar surface area (TPSA) is 46.4 Å². The summed E-state index contributed by atoms with van der Waals surface area (Å²) in [5.41, 5.74) is 4.39. The number of para-hydroxylation sites is 1. The van der Waals surface area contributed by atoms with E-state index >= 15 is 0 Å². The lowest BCUT2D eigenvalue weighted by Gasteiger charge is -2.23. The molecule has 1 aromatic carbocycles. The predicted octanol–water partition coefficient (Wildman–Crippen LogP) is 5.93. The molecule has 2 aromatic heterocycles. The summed E-state index contributed by atoms with van der Waals surface area (Å²) in [6, 6.07) is 8.70. The summed E-state index contributed by atoms with van der Waals surface area (Å²) >= 11 is 1.72. The summed E-state index contributed by atoms with van der Waals surface area (Å²) < 4.78 is 2.13. The van der Waals surface area contributed by atoms with Crippen LogP contribution in [0.3, 0.4) is 0 Å². The molecule has 2 aliphatic carbocycles. The number of amides is 1. The number of carbonyl (C=O) groups is 1. The number of hydrogen-bond donors (Lipinski definition) is 1. The smallest absolute Gasteiger partial charge is 0.254 e. The molecule has 1 fully saturated rings. The van der Waals surface area contributed by atoms with Crippen LogP contribution in [0.25, 0.3) is 10.9 Å². The van der Waals surface area contributed by atoms with Crippen molar-refractivity contribution in [1.82, 2.24) is 9.88 Å². The van der Waals surface area contributed by atoms with Gasteiger partial charge in [0, 0.05) is 46.8 Å². The van der Waals surface area contributed by atoms with Gasteiger partial charge in [0.2, 0.25) is 0 Å². The van der Waals surface area contributed by atoms with E-state index in [-0.39, 0.29) is 5.91 Å². The van der Waals surface area contributed by atoms with Gasteiger partial charge in [-0.25, -0.2) is 4.99 Å². The van der Waals surface area contributed by atoms with Crippen molar-refractivity contribution in [2.24, 2.45) is 12.0 Å². The fourth-order valence-corrected chi connectivity index (χ4v) is 6.22. The summed E-state index contributed by atoms with van der Waals surface area (Å²) in [5, 5.41) is 5.40. The lowest BCUT2D eigenvalue weighted by Crippen LogP contribution is -2.36. The summed E-state index contributed by atoms with van der Waals surface area (Å²) in [7, 11) is 2.06. The zero-order chi connectivity index (χ0) is 20.5. The van der Waals surface area contributed by atoms with E-state index < -0.39 is 0 Å². The van der Waals surface area contributed by atoms with E-state index in [0.717, 1.165) is 41.8 Å². The predicted molar refractivity (Wildman–Crippen MR) is 125 cm³/mol. The molecule has 4 nitrogen and oxygen atoms in total. The third kappa shape index (κ3) is 3.71. The second kappa shape index (κ2) is 8.38. The Kier molecular flexibility index (Phi) is 5.47. The van der Waals surface area contributed by atoms with Crippen LogP contribution in [0.15, 0.2) is 35.5 Å². The fraction of sp³-hybridized carbons (Fsp3) is 0.440. The van der Waals surface area contributed by atoms with Crippen molar-refractivity contribution >= 4 is 39.4 Å². The van der Waals surface area contributed by atoms with Crippen molar-refractivity contribution < 1.29 is 4.79 Å². The van der Waals surface area contributed by atoms with Gasteiger partial charge in [-0.15, -0.1) is 11.3 Å². The van der Waals surface area contributed by atoms with Gasteiger partial charge in [-0.05, 0) is 50.2 Å². The molecule has 3 aromatic rings. The van der Waals surface area contributed by atoms with E-state index in [9.17, 15) is 4.79 Å². The minimum absolute atomic E-state index is 0.0892. The Hall–Kier alpha value is -2.40. The van der Waals surface area contributed by atoms with E-state index in [1.807, 2.05) is 6.21 Å². The third-order valence-corrected chi connectivity index (χ3v) is 7.77. The van der Waals surface area contributed by atoms with Gasteiger partial charge >= 0.3 is 0 Å². The van der Waals surface area contributed by atoms with Crippen molar-refractivity contribution in [3.05, 3.63) is 52.0 Å². The first kappa shape index (κ1) is 19.6. The number of rotatable bonds is 4. The quantitative estimate of drug-likeness (QED) is 0.523. The highest BCUT2D eigenvalue weighted by Crippen LogP contribution is 2.40. The number of benzene rings is 1. The molecule has 0 unspecified atom stereocenters. The molecule has 0 atom stereocenters. The number of carbonyl (C=O) groups excluding carboxylic acids is 1. The van der Waals surface area contributed by atoms with Crippen molar-refractivity contribution in [2.75, 3.05) is 0 Å². The van der Waals surface area contributed by atoms with E-state index in [2.05, 4.69) is 47.4 Å². The molecule has 156 valence electrons. The molecule has 0 saturated heterocycles. The van der Waals surface area contributed by atoms with Gasteiger partial charge in [0.15, 0.2) is 0 Å². The molecule has 5 heteroatoms. The van der Waals surface area contributed by atoms with Crippen molar-refractivity contribution in [3.63, 3.8) is 0 Å². The molecule has 0 bridgehead atoms. The van der Waals surface area contributed by atoms with Crippen LogP contribution in [0.1, 0.15) is 71.3 Å². The van der Waals surface area contributed by atoms with Crippen molar-refractivity contribution in [3.8, 4) is 0 Å². The van der Waals surface area contributed by atoms with Gasteiger partial charge in [0.25, 0.3) is 5.91 Å². The first-order valence-corrected chi connectivity index (χ1v) is 12.1. The normalized spacial score (nSPS) is 17.5. The Labute approximate surface area is 182 Å². The summed E-state index contributed by atoms with van der Waals surface area (Å²) in [6.07, 6.45) is 14.5. The summed E-state index contributed by atoms with van der Waals surface area (Å²) in [4.78, 5) is 19.6. The van der Waals surface area contributed by atoms with Crippen LogP contribution in [-0.4, -0.2) is 22.7 Å². The fourth-order valence-electron chi connectivity index (χ4n) is 4.99. The number of nitrogens with zero attached hydrogens (tertiary/aromatic N) is 2. The maximum atomic E-state index is 13.3. The maximum absolute atomic E-state index is 13.3. The molecule has 0 spiro atoms. The molecular weight excluding hydrogens is 390 g/mol. The molecular formula is C25H29N3OS. The molecule has 2 heterocycles. The van der Waals surface area contributed by atoms with Crippen molar-refractivity contribution in [2.45, 2.75) is 63.8 Å². The summed E-state index contributed by atoms with van der Waals surface area (Å²) in [6.45, 7) is 0. The second-order valence-electron chi connectivity index (χ2n) is 8.67. The Bertz CT molecular complexity index is 1100. The molecule has 30 heavy (non-hydrogen) atoms. The monoisotopic (exact) mass is 419 g/mol. The van der Waals surface area contributed by atoms with Crippen LogP contribution in [-0.2, 0) is 19.9 Å². The van der Waals surface area contributed by atoms with Crippen LogP contribution in [0.4, 0.5) is 5.00 Å². The lowest BCUT2D eigenvalue weighted by atomic mass is 9.93. The largest absolute Gasteiger partial charge is 0.350 e. The molecule has 5 rings (SSSR count). The van der Waals surface area contributed by atoms with E-state index in [0.29, 0.717) is 6.04 Å². The highest BCUT2D eigenvalue weighted by Gasteiger charge is 2.27. The van der Waals surface area contributed by atoms with Gasteiger partial charge in [-0.3, -0.25) is 4.79 Å². The number of nitrogens with one attached hydrogen (secondary N) is 1.